The Hall–Kier alpha value is -0.810. The van der Waals surface area contributed by atoms with Gasteiger partial charge in [-0.25, -0.2) is 4.79 Å². The average molecular weight is 273 g/mol. The number of likely N-dealkylation sites (tertiary alicyclic amines) is 1. The van der Waals surface area contributed by atoms with Crippen LogP contribution >= 0.6 is 15.9 Å². The number of hydrogen-bond donors (Lipinski definition) is 2. The van der Waals surface area contributed by atoms with E-state index >= 15 is 0 Å². The van der Waals surface area contributed by atoms with E-state index in [1.165, 1.54) is 12.8 Å². The van der Waals surface area contributed by atoms with Crippen LogP contribution in [0.3, 0.4) is 0 Å². The van der Waals surface area contributed by atoms with Crippen LogP contribution in [0.15, 0.2) is 10.7 Å². The molecule has 0 aromatic carbocycles. The standard InChI is InChI=1S/C10H13BrN2O2/c11-9-7(5-8(12-9)10(14)15)6-13-3-1-2-4-13/h5,12H,1-4,6H2,(H,14,15). The largest absolute Gasteiger partial charge is 0.477 e. The lowest BCUT2D eigenvalue weighted by Crippen LogP contribution is -2.18. The Bertz CT molecular complexity index is 369. The highest BCUT2D eigenvalue weighted by atomic mass is 79.9. The van der Waals surface area contributed by atoms with E-state index in [9.17, 15) is 4.79 Å². The molecule has 2 N–H and O–H groups in total. The normalized spacial score (nSPS) is 17.1. The first-order valence-corrected chi connectivity index (χ1v) is 5.79. The third-order valence-corrected chi connectivity index (χ3v) is 3.38. The molecule has 5 heteroatoms. The zero-order valence-corrected chi connectivity index (χ0v) is 9.88. The molecule has 1 aliphatic heterocycles. The molecule has 0 bridgehead atoms. The van der Waals surface area contributed by atoms with E-state index in [4.69, 9.17) is 5.11 Å². The van der Waals surface area contributed by atoms with Crippen molar-refractivity contribution in [2.24, 2.45) is 0 Å². The maximum Gasteiger partial charge on any atom is 0.352 e. The summed E-state index contributed by atoms with van der Waals surface area (Å²) in [5.41, 5.74) is 1.27. The molecular formula is C10H13BrN2O2. The molecule has 1 aromatic rings. The molecule has 0 unspecified atom stereocenters. The fraction of sp³-hybridized carbons (Fsp3) is 0.500. The van der Waals surface area contributed by atoms with E-state index < -0.39 is 5.97 Å². The van der Waals surface area contributed by atoms with Crippen LogP contribution in [0.4, 0.5) is 0 Å². The maximum absolute atomic E-state index is 10.7. The fourth-order valence-corrected chi connectivity index (χ4v) is 2.34. The minimum Gasteiger partial charge on any atom is -0.477 e. The van der Waals surface area contributed by atoms with Gasteiger partial charge in [0.2, 0.25) is 0 Å². The highest BCUT2D eigenvalue weighted by Crippen LogP contribution is 2.21. The minimum absolute atomic E-state index is 0.246. The van der Waals surface area contributed by atoms with E-state index in [1.54, 1.807) is 6.07 Å². The first kappa shape index (κ1) is 10.7. The van der Waals surface area contributed by atoms with Gasteiger partial charge in [-0.05, 0) is 53.5 Å². The molecule has 0 aliphatic carbocycles. The van der Waals surface area contributed by atoms with Crippen LogP contribution in [-0.2, 0) is 6.54 Å². The highest BCUT2D eigenvalue weighted by molar-refractivity contribution is 9.10. The number of aromatic carboxylic acids is 1. The van der Waals surface area contributed by atoms with Gasteiger partial charge < -0.3 is 10.1 Å². The average Bonchev–Trinajstić information content (AvgIpc) is 2.77. The number of carboxylic acid groups (broad SMARTS) is 1. The number of hydrogen-bond acceptors (Lipinski definition) is 2. The van der Waals surface area contributed by atoms with Gasteiger partial charge in [0, 0.05) is 6.54 Å². The van der Waals surface area contributed by atoms with Gasteiger partial charge in [-0.2, -0.15) is 0 Å². The van der Waals surface area contributed by atoms with Crippen molar-refractivity contribution in [3.8, 4) is 0 Å². The second-order valence-electron chi connectivity index (χ2n) is 3.81. The Morgan fingerprint density at radius 1 is 1.53 bits per heavy atom. The lowest BCUT2D eigenvalue weighted by atomic mass is 10.3. The summed E-state index contributed by atoms with van der Waals surface area (Å²) >= 11 is 3.35. The van der Waals surface area contributed by atoms with E-state index in [2.05, 4.69) is 25.8 Å². The predicted octanol–water partition coefficient (Wildman–Crippen LogP) is 2.07. The Morgan fingerprint density at radius 3 is 2.73 bits per heavy atom. The SMILES string of the molecule is O=C(O)c1cc(CN2CCCC2)c(Br)[nH]1. The molecule has 0 radical (unpaired) electrons. The van der Waals surface area contributed by atoms with Crippen molar-refractivity contribution in [2.45, 2.75) is 19.4 Å². The van der Waals surface area contributed by atoms with Gasteiger partial charge in [0.1, 0.15) is 5.69 Å². The number of halogens is 1. The van der Waals surface area contributed by atoms with Crippen molar-refractivity contribution in [1.82, 2.24) is 9.88 Å². The summed E-state index contributed by atoms with van der Waals surface area (Å²) in [6.45, 7) is 3.05. The van der Waals surface area contributed by atoms with Crippen LogP contribution < -0.4 is 0 Å². The lowest BCUT2D eigenvalue weighted by molar-refractivity contribution is 0.0691. The Balaban J connectivity index is 2.10. The van der Waals surface area contributed by atoms with Crippen LogP contribution in [0.25, 0.3) is 0 Å². The van der Waals surface area contributed by atoms with Gasteiger partial charge in [-0.3, -0.25) is 4.90 Å². The summed E-state index contributed by atoms with van der Waals surface area (Å²) in [5, 5.41) is 8.82. The molecule has 4 nitrogen and oxygen atoms in total. The number of aromatic amines is 1. The molecule has 2 heterocycles. The van der Waals surface area contributed by atoms with Gasteiger partial charge in [-0.15, -0.1) is 0 Å². The first-order valence-electron chi connectivity index (χ1n) is 5.00. The summed E-state index contributed by atoms with van der Waals surface area (Å²) in [7, 11) is 0. The summed E-state index contributed by atoms with van der Waals surface area (Å²) in [6.07, 6.45) is 2.49. The smallest absolute Gasteiger partial charge is 0.352 e. The van der Waals surface area contributed by atoms with Crippen molar-refractivity contribution >= 4 is 21.9 Å². The van der Waals surface area contributed by atoms with E-state index in [0.717, 1.165) is 29.8 Å². The van der Waals surface area contributed by atoms with Crippen LogP contribution in [0.5, 0.6) is 0 Å². The highest BCUT2D eigenvalue weighted by Gasteiger charge is 2.16. The van der Waals surface area contributed by atoms with E-state index in [1.807, 2.05) is 0 Å². The van der Waals surface area contributed by atoms with Crippen LogP contribution in [-0.4, -0.2) is 34.0 Å². The molecule has 1 saturated heterocycles. The first-order chi connectivity index (χ1) is 7.16. The summed E-state index contributed by atoms with van der Waals surface area (Å²) in [5.74, 6) is -0.914. The molecule has 1 fully saturated rings. The number of carbonyl (C=O) groups is 1. The summed E-state index contributed by atoms with van der Waals surface area (Å²) in [6, 6.07) is 1.70. The van der Waals surface area contributed by atoms with Gasteiger partial charge in [0.05, 0.1) is 4.60 Å². The third kappa shape index (κ3) is 2.41. The molecule has 0 amide bonds. The quantitative estimate of drug-likeness (QED) is 0.886. The number of nitrogens with zero attached hydrogens (tertiary/aromatic N) is 1. The van der Waals surface area contributed by atoms with Crippen molar-refractivity contribution in [1.29, 1.82) is 0 Å². The van der Waals surface area contributed by atoms with E-state index in [0.29, 0.717) is 0 Å². The number of rotatable bonds is 3. The van der Waals surface area contributed by atoms with Crippen LogP contribution in [0.2, 0.25) is 0 Å². The molecule has 1 aromatic heterocycles. The molecule has 82 valence electrons. The van der Waals surface area contributed by atoms with E-state index in [-0.39, 0.29) is 5.69 Å². The summed E-state index contributed by atoms with van der Waals surface area (Å²) in [4.78, 5) is 15.9. The van der Waals surface area contributed by atoms with Gasteiger partial charge in [-0.1, -0.05) is 0 Å². The molecule has 15 heavy (non-hydrogen) atoms. The monoisotopic (exact) mass is 272 g/mol. The van der Waals surface area contributed by atoms with Crippen molar-refractivity contribution < 1.29 is 9.90 Å². The predicted molar refractivity (Wildman–Crippen MR) is 60.0 cm³/mol. The topological polar surface area (TPSA) is 56.3 Å². The van der Waals surface area contributed by atoms with Gasteiger partial charge in [0.25, 0.3) is 0 Å². The van der Waals surface area contributed by atoms with Crippen molar-refractivity contribution in [3.63, 3.8) is 0 Å². The van der Waals surface area contributed by atoms with Crippen molar-refractivity contribution in [3.05, 3.63) is 21.9 Å². The molecule has 2 rings (SSSR count). The maximum atomic E-state index is 10.7. The molecule has 0 atom stereocenters. The molecule has 0 saturated carbocycles. The number of carboxylic acids is 1. The third-order valence-electron chi connectivity index (χ3n) is 2.67. The molecular weight excluding hydrogens is 260 g/mol. The van der Waals surface area contributed by atoms with Crippen molar-refractivity contribution in [2.75, 3.05) is 13.1 Å². The summed E-state index contributed by atoms with van der Waals surface area (Å²) < 4.78 is 0.784. The molecule has 1 aliphatic rings. The Labute approximate surface area is 96.4 Å². The van der Waals surface area contributed by atoms with Crippen LogP contribution in [0, 0.1) is 0 Å². The zero-order chi connectivity index (χ0) is 10.8. The van der Waals surface area contributed by atoms with Crippen LogP contribution in [0.1, 0.15) is 28.9 Å². The van der Waals surface area contributed by atoms with Gasteiger partial charge >= 0.3 is 5.97 Å². The number of aromatic nitrogens is 1. The second-order valence-corrected chi connectivity index (χ2v) is 4.60. The second kappa shape index (κ2) is 4.37. The zero-order valence-electron chi connectivity index (χ0n) is 8.29. The lowest BCUT2D eigenvalue weighted by Gasteiger charge is -2.13. The Morgan fingerprint density at radius 2 is 2.20 bits per heavy atom. The van der Waals surface area contributed by atoms with Gasteiger partial charge in [0.15, 0.2) is 0 Å². The fourth-order valence-electron chi connectivity index (χ4n) is 1.88. The molecule has 0 spiro atoms. The number of H-pyrrole nitrogens is 1. The Kier molecular flexibility index (Phi) is 3.11. The number of nitrogens with one attached hydrogen (secondary N) is 1. The minimum atomic E-state index is -0.914.